The summed E-state index contributed by atoms with van der Waals surface area (Å²) < 4.78 is 6.83. The normalized spacial score (nSPS) is 11.7. The van der Waals surface area contributed by atoms with Crippen molar-refractivity contribution in [3.63, 3.8) is 0 Å². The maximum absolute atomic E-state index is 6.83. The van der Waals surface area contributed by atoms with Crippen LogP contribution in [-0.2, 0) is 0 Å². The van der Waals surface area contributed by atoms with Crippen molar-refractivity contribution in [2.24, 2.45) is 0 Å². The second-order valence-corrected chi connectivity index (χ2v) is 13.0. The second kappa shape index (κ2) is 11.9. The zero-order chi connectivity index (χ0) is 33.7. The first-order valence-electron chi connectivity index (χ1n) is 17.2. The van der Waals surface area contributed by atoms with Crippen LogP contribution in [0.5, 0.6) is 11.5 Å². The van der Waals surface area contributed by atoms with Gasteiger partial charge in [0, 0.05) is 33.2 Å². The molecule has 1 aliphatic rings. The number of rotatable bonds is 5. The summed E-state index contributed by atoms with van der Waals surface area (Å²) in [4.78, 5) is 10.3. The van der Waals surface area contributed by atoms with Gasteiger partial charge in [-0.3, -0.25) is 0 Å². The quantitative estimate of drug-likeness (QED) is 0.186. The van der Waals surface area contributed by atoms with Crippen molar-refractivity contribution in [1.82, 2.24) is 9.97 Å². The Morgan fingerprint density at radius 2 is 0.961 bits per heavy atom. The highest BCUT2D eigenvalue weighted by atomic mass is 16.5. The first-order chi connectivity index (χ1) is 25.3. The maximum atomic E-state index is 6.83. The molecule has 0 atom stereocenters. The smallest absolute Gasteiger partial charge is 0.161 e. The summed E-state index contributed by atoms with van der Waals surface area (Å²) in [6, 6.07) is 63.7. The third-order valence-electron chi connectivity index (χ3n) is 9.90. The van der Waals surface area contributed by atoms with Gasteiger partial charge in [0.15, 0.2) is 5.82 Å². The van der Waals surface area contributed by atoms with E-state index in [0.29, 0.717) is 5.82 Å². The van der Waals surface area contributed by atoms with E-state index in [2.05, 4.69) is 146 Å². The Morgan fingerprint density at radius 3 is 1.71 bits per heavy atom. The number of benzene rings is 8. The standard InChI is InChI=1S/C48H30N2O/c1-3-12-34(13-4-1)43-30-44(35-14-5-2-6-15-35)50-48(49-43)42-27-28-45-46-39(18-10-19-40(42)46)41-20-9-17-38(47(41)51-45)33-24-21-32(22-25-33)37-26-23-31-11-7-8-16-36(31)29-37/h1-30H. The Kier molecular flexibility index (Phi) is 6.81. The molecule has 3 heteroatoms. The van der Waals surface area contributed by atoms with Crippen LogP contribution in [0.1, 0.15) is 0 Å². The van der Waals surface area contributed by atoms with E-state index in [1.807, 2.05) is 36.4 Å². The summed E-state index contributed by atoms with van der Waals surface area (Å²) in [5.74, 6) is 2.39. The number of hydrogen-bond acceptors (Lipinski definition) is 3. The Morgan fingerprint density at radius 1 is 0.353 bits per heavy atom. The molecule has 3 nitrogen and oxygen atoms in total. The number of para-hydroxylation sites is 1. The Hall–Kier alpha value is -6.84. The van der Waals surface area contributed by atoms with E-state index in [4.69, 9.17) is 14.7 Å². The van der Waals surface area contributed by atoms with Gasteiger partial charge < -0.3 is 4.74 Å². The average Bonchev–Trinajstić information content (AvgIpc) is 3.21. The third-order valence-corrected chi connectivity index (χ3v) is 9.90. The van der Waals surface area contributed by atoms with Crippen LogP contribution in [-0.4, -0.2) is 9.97 Å². The Labute approximate surface area is 296 Å². The average molecular weight is 651 g/mol. The van der Waals surface area contributed by atoms with Crippen LogP contribution in [0.15, 0.2) is 182 Å². The fraction of sp³-hybridized carbons (Fsp3) is 0. The summed E-state index contributed by atoms with van der Waals surface area (Å²) in [7, 11) is 0. The molecule has 0 N–H and O–H groups in total. The van der Waals surface area contributed by atoms with Crippen LogP contribution >= 0.6 is 0 Å². The lowest BCUT2D eigenvalue weighted by Gasteiger charge is -2.24. The van der Waals surface area contributed by atoms with Crippen molar-refractivity contribution in [1.29, 1.82) is 0 Å². The lowest BCUT2D eigenvalue weighted by Crippen LogP contribution is -2.01. The van der Waals surface area contributed by atoms with Crippen molar-refractivity contribution < 1.29 is 4.74 Å². The van der Waals surface area contributed by atoms with E-state index < -0.39 is 0 Å². The SMILES string of the molecule is c1ccc(-c2cc(-c3ccccc3)nc(-c3ccc4c5c(cccc35)-c3cccc(-c5ccc(-c6ccc7ccccc7c6)cc5)c3O4)n2)cc1. The molecule has 0 amide bonds. The van der Waals surface area contributed by atoms with Crippen molar-refractivity contribution in [2.45, 2.75) is 0 Å². The van der Waals surface area contributed by atoms with E-state index in [1.54, 1.807) is 0 Å². The largest absolute Gasteiger partial charge is 0.455 e. The lowest BCUT2D eigenvalue weighted by molar-refractivity contribution is 0.489. The second-order valence-electron chi connectivity index (χ2n) is 13.0. The molecular weight excluding hydrogens is 621 g/mol. The molecule has 9 aromatic rings. The fourth-order valence-electron chi connectivity index (χ4n) is 7.37. The summed E-state index contributed by atoms with van der Waals surface area (Å²) in [5.41, 5.74) is 11.6. The topological polar surface area (TPSA) is 35.0 Å². The minimum Gasteiger partial charge on any atom is -0.455 e. The molecule has 1 aliphatic heterocycles. The molecule has 0 bridgehead atoms. The van der Waals surface area contributed by atoms with Gasteiger partial charge in [0.05, 0.1) is 11.4 Å². The van der Waals surface area contributed by atoms with E-state index in [1.165, 1.54) is 21.9 Å². The molecule has 51 heavy (non-hydrogen) atoms. The van der Waals surface area contributed by atoms with Crippen LogP contribution in [0.25, 0.3) is 88.8 Å². The lowest BCUT2D eigenvalue weighted by atomic mass is 9.89. The first-order valence-corrected chi connectivity index (χ1v) is 17.2. The van der Waals surface area contributed by atoms with E-state index in [0.717, 1.165) is 72.6 Å². The molecule has 10 rings (SSSR count). The molecule has 1 aromatic heterocycles. The van der Waals surface area contributed by atoms with Crippen LogP contribution < -0.4 is 4.74 Å². The van der Waals surface area contributed by atoms with Crippen LogP contribution in [0.4, 0.5) is 0 Å². The van der Waals surface area contributed by atoms with E-state index in [9.17, 15) is 0 Å². The molecule has 0 spiro atoms. The van der Waals surface area contributed by atoms with Gasteiger partial charge in [-0.2, -0.15) is 0 Å². The molecule has 238 valence electrons. The Bertz CT molecular complexity index is 2700. The number of ether oxygens (including phenoxy) is 1. The van der Waals surface area contributed by atoms with E-state index in [-0.39, 0.29) is 0 Å². The van der Waals surface area contributed by atoms with Crippen molar-refractivity contribution in [3.8, 4) is 78.8 Å². The molecule has 0 fully saturated rings. The third kappa shape index (κ3) is 5.06. The highest BCUT2D eigenvalue weighted by Gasteiger charge is 2.25. The predicted molar refractivity (Wildman–Crippen MR) is 210 cm³/mol. The van der Waals surface area contributed by atoms with Crippen LogP contribution in [0.2, 0.25) is 0 Å². The molecule has 0 saturated carbocycles. The van der Waals surface area contributed by atoms with Gasteiger partial charge in [0.2, 0.25) is 0 Å². The van der Waals surface area contributed by atoms with Gasteiger partial charge in [-0.1, -0.05) is 158 Å². The van der Waals surface area contributed by atoms with Crippen molar-refractivity contribution in [2.75, 3.05) is 0 Å². The summed E-state index contributed by atoms with van der Waals surface area (Å²) in [6.45, 7) is 0. The van der Waals surface area contributed by atoms with Gasteiger partial charge in [-0.05, 0) is 62.7 Å². The Balaban J connectivity index is 1.07. The predicted octanol–water partition coefficient (Wildman–Crippen LogP) is 12.9. The molecule has 2 heterocycles. The van der Waals surface area contributed by atoms with Gasteiger partial charge in [0.25, 0.3) is 0 Å². The minimum atomic E-state index is 0.685. The van der Waals surface area contributed by atoms with E-state index >= 15 is 0 Å². The summed E-state index contributed by atoms with van der Waals surface area (Å²) in [6.07, 6.45) is 0. The van der Waals surface area contributed by atoms with Crippen LogP contribution in [0.3, 0.4) is 0 Å². The summed E-state index contributed by atoms with van der Waals surface area (Å²) >= 11 is 0. The zero-order valence-corrected chi connectivity index (χ0v) is 27.6. The van der Waals surface area contributed by atoms with Crippen molar-refractivity contribution in [3.05, 3.63) is 182 Å². The molecule has 8 aromatic carbocycles. The van der Waals surface area contributed by atoms with Crippen LogP contribution in [0, 0.1) is 0 Å². The molecular formula is C48H30N2O. The molecule has 0 unspecified atom stereocenters. The minimum absolute atomic E-state index is 0.685. The number of aromatic nitrogens is 2. The molecule has 0 radical (unpaired) electrons. The number of hydrogen-bond donors (Lipinski definition) is 0. The first kappa shape index (κ1) is 29.1. The maximum Gasteiger partial charge on any atom is 0.161 e. The number of nitrogens with zero attached hydrogens (tertiary/aromatic N) is 2. The van der Waals surface area contributed by atoms with Crippen molar-refractivity contribution >= 4 is 21.5 Å². The monoisotopic (exact) mass is 650 g/mol. The number of fused-ring (bicyclic) bond motifs is 3. The highest BCUT2D eigenvalue weighted by Crippen LogP contribution is 2.51. The molecule has 0 aliphatic carbocycles. The van der Waals surface area contributed by atoms with Gasteiger partial charge in [-0.15, -0.1) is 0 Å². The summed E-state index contributed by atoms with van der Waals surface area (Å²) in [5, 5.41) is 4.62. The highest BCUT2D eigenvalue weighted by molar-refractivity contribution is 6.10. The molecule has 0 saturated heterocycles. The van der Waals surface area contributed by atoms with Gasteiger partial charge in [-0.25, -0.2) is 9.97 Å². The fourth-order valence-corrected chi connectivity index (χ4v) is 7.37. The van der Waals surface area contributed by atoms with Gasteiger partial charge >= 0.3 is 0 Å². The van der Waals surface area contributed by atoms with Gasteiger partial charge in [0.1, 0.15) is 11.5 Å². The zero-order valence-electron chi connectivity index (χ0n) is 27.6.